The lowest BCUT2D eigenvalue weighted by atomic mass is 10.1. The highest BCUT2D eigenvalue weighted by Gasteiger charge is 2.17. The zero-order valence-electron chi connectivity index (χ0n) is 15.0. The lowest BCUT2D eigenvalue weighted by Crippen LogP contribution is -2.34. The summed E-state index contributed by atoms with van der Waals surface area (Å²) in [5, 5.41) is 0. The second-order valence-corrected chi connectivity index (χ2v) is 6.16. The number of nitrogens with zero attached hydrogens (tertiary/aromatic N) is 1. The quantitative estimate of drug-likeness (QED) is 0.788. The number of benzene rings is 2. The molecule has 0 fully saturated rings. The van der Waals surface area contributed by atoms with Gasteiger partial charge in [0.25, 0.3) is 0 Å². The molecule has 2 rings (SSSR count). The fourth-order valence-corrected chi connectivity index (χ4v) is 2.65. The summed E-state index contributed by atoms with van der Waals surface area (Å²) in [4.78, 5) is 25.1. The van der Waals surface area contributed by atoms with Crippen molar-refractivity contribution in [3.8, 4) is 5.75 Å². The number of carbonyl (C=O) groups is 2. The number of anilines is 1. The van der Waals surface area contributed by atoms with Gasteiger partial charge in [-0.25, -0.2) is 4.39 Å². The summed E-state index contributed by atoms with van der Waals surface area (Å²) in [6.45, 7) is 4.30. The zero-order chi connectivity index (χ0) is 19.1. The second kappa shape index (κ2) is 8.99. The summed E-state index contributed by atoms with van der Waals surface area (Å²) in [5.74, 6) is -0.409. The average molecular weight is 358 g/mol. The van der Waals surface area contributed by atoms with Gasteiger partial charge in [0, 0.05) is 18.7 Å². The summed E-state index contributed by atoms with van der Waals surface area (Å²) in [5.41, 5.74) is 7.87. The Morgan fingerprint density at radius 2 is 1.65 bits per heavy atom. The molecule has 6 heteroatoms. The molecule has 138 valence electrons. The third-order valence-electron chi connectivity index (χ3n) is 3.80. The van der Waals surface area contributed by atoms with E-state index in [9.17, 15) is 14.0 Å². The molecule has 26 heavy (non-hydrogen) atoms. The Hall–Kier alpha value is -2.89. The second-order valence-electron chi connectivity index (χ2n) is 6.16. The van der Waals surface area contributed by atoms with Gasteiger partial charge < -0.3 is 15.4 Å². The Balaban J connectivity index is 2.01. The molecule has 0 aliphatic carbocycles. The lowest BCUT2D eigenvalue weighted by Gasteiger charge is -2.22. The first-order valence-electron chi connectivity index (χ1n) is 8.40. The van der Waals surface area contributed by atoms with Gasteiger partial charge in [0.15, 0.2) is 0 Å². The van der Waals surface area contributed by atoms with Crippen LogP contribution in [0.2, 0.25) is 0 Å². The number of carbonyl (C=O) groups excluding carboxylic acids is 2. The molecular formula is C20H23FN2O3. The molecule has 0 heterocycles. The minimum atomic E-state index is -0.503. The molecule has 0 atom stereocenters. The van der Waals surface area contributed by atoms with Crippen LogP contribution in [0.25, 0.3) is 0 Å². The van der Waals surface area contributed by atoms with Crippen LogP contribution in [0.3, 0.4) is 0 Å². The van der Waals surface area contributed by atoms with Crippen molar-refractivity contribution in [1.29, 1.82) is 0 Å². The first kappa shape index (κ1) is 19.4. The van der Waals surface area contributed by atoms with E-state index in [0.717, 1.165) is 11.1 Å². The molecule has 0 saturated heterocycles. The van der Waals surface area contributed by atoms with E-state index in [0.29, 0.717) is 11.4 Å². The van der Waals surface area contributed by atoms with Gasteiger partial charge in [0.1, 0.15) is 11.6 Å². The van der Waals surface area contributed by atoms with E-state index in [-0.39, 0.29) is 31.9 Å². The smallest absolute Gasteiger partial charge is 0.230 e. The molecule has 2 N–H and O–H groups in total. The number of amides is 2. The highest BCUT2D eigenvalue weighted by molar-refractivity contribution is 5.94. The van der Waals surface area contributed by atoms with Gasteiger partial charge in [-0.1, -0.05) is 6.07 Å². The highest BCUT2D eigenvalue weighted by atomic mass is 19.1. The summed E-state index contributed by atoms with van der Waals surface area (Å²) in [7, 11) is 0. The van der Waals surface area contributed by atoms with Crippen molar-refractivity contribution >= 4 is 17.5 Å². The molecule has 0 radical (unpaired) electrons. The van der Waals surface area contributed by atoms with Crippen LogP contribution in [-0.2, 0) is 9.59 Å². The molecule has 0 aromatic heterocycles. The maximum absolute atomic E-state index is 13.1. The summed E-state index contributed by atoms with van der Waals surface area (Å²) >= 11 is 0. The molecule has 2 aromatic rings. The molecule has 0 unspecified atom stereocenters. The van der Waals surface area contributed by atoms with Crippen LogP contribution in [0.1, 0.15) is 24.0 Å². The number of halogens is 1. The fourth-order valence-electron chi connectivity index (χ4n) is 2.65. The normalized spacial score (nSPS) is 10.4. The minimum Gasteiger partial charge on any atom is -0.493 e. The minimum absolute atomic E-state index is 0.0288. The third kappa shape index (κ3) is 5.88. The van der Waals surface area contributed by atoms with Gasteiger partial charge in [-0.2, -0.15) is 0 Å². The molecule has 0 bridgehead atoms. The van der Waals surface area contributed by atoms with Crippen molar-refractivity contribution in [2.45, 2.75) is 26.7 Å². The van der Waals surface area contributed by atoms with Gasteiger partial charge in [-0.15, -0.1) is 0 Å². The van der Waals surface area contributed by atoms with Gasteiger partial charge >= 0.3 is 0 Å². The molecule has 2 amide bonds. The van der Waals surface area contributed by atoms with E-state index in [1.165, 1.54) is 29.2 Å². The van der Waals surface area contributed by atoms with E-state index < -0.39 is 11.7 Å². The first-order chi connectivity index (χ1) is 12.3. The average Bonchev–Trinajstić information content (AvgIpc) is 2.55. The predicted octanol–water partition coefficient (Wildman–Crippen LogP) is 3.12. The van der Waals surface area contributed by atoms with Crippen molar-refractivity contribution in [3.63, 3.8) is 0 Å². The Bertz CT molecular complexity index is 755. The van der Waals surface area contributed by atoms with Crippen LogP contribution < -0.4 is 15.4 Å². The third-order valence-corrected chi connectivity index (χ3v) is 3.80. The summed E-state index contributed by atoms with van der Waals surface area (Å²) in [6, 6.07) is 11.4. The van der Waals surface area contributed by atoms with E-state index in [1.807, 2.05) is 32.0 Å². The predicted molar refractivity (Wildman–Crippen MR) is 98.6 cm³/mol. The Morgan fingerprint density at radius 3 is 2.23 bits per heavy atom. The van der Waals surface area contributed by atoms with Crippen molar-refractivity contribution in [2.24, 2.45) is 5.73 Å². The molecule has 0 aliphatic heterocycles. The zero-order valence-corrected chi connectivity index (χ0v) is 15.0. The van der Waals surface area contributed by atoms with Gasteiger partial charge in [0.2, 0.25) is 11.8 Å². The van der Waals surface area contributed by atoms with Crippen molar-refractivity contribution < 1.29 is 18.7 Å². The Kier molecular flexibility index (Phi) is 6.72. The van der Waals surface area contributed by atoms with E-state index >= 15 is 0 Å². The van der Waals surface area contributed by atoms with Crippen LogP contribution in [0, 0.1) is 19.7 Å². The molecular weight excluding hydrogens is 335 g/mol. The van der Waals surface area contributed by atoms with Crippen molar-refractivity contribution in [3.05, 3.63) is 59.4 Å². The summed E-state index contributed by atoms with van der Waals surface area (Å²) < 4.78 is 18.8. The molecule has 5 nitrogen and oxygen atoms in total. The standard InChI is InChI=1S/C20H23FN2O3/c1-14-11-15(2)13-18(12-14)26-10-8-20(25)23(9-7-19(22)24)17-5-3-16(21)4-6-17/h3-6,11-13H,7-10H2,1-2H3,(H2,22,24). The van der Waals surface area contributed by atoms with Gasteiger partial charge in [-0.05, 0) is 61.4 Å². The van der Waals surface area contributed by atoms with Crippen LogP contribution in [0.4, 0.5) is 10.1 Å². The fraction of sp³-hybridized carbons (Fsp3) is 0.300. The van der Waals surface area contributed by atoms with Crippen LogP contribution in [-0.4, -0.2) is 25.0 Å². The van der Waals surface area contributed by atoms with Gasteiger partial charge in [-0.3, -0.25) is 9.59 Å². The molecule has 0 aliphatic rings. The first-order valence-corrected chi connectivity index (χ1v) is 8.40. The van der Waals surface area contributed by atoms with E-state index in [4.69, 9.17) is 10.5 Å². The SMILES string of the molecule is Cc1cc(C)cc(OCCC(=O)N(CCC(N)=O)c2ccc(F)cc2)c1. The molecule has 0 spiro atoms. The largest absolute Gasteiger partial charge is 0.493 e. The summed E-state index contributed by atoms with van der Waals surface area (Å²) in [6.07, 6.45) is 0.157. The number of aryl methyl sites for hydroxylation is 2. The van der Waals surface area contributed by atoms with Crippen LogP contribution >= 0.6 is 0 Å². The number of ether oxygens (including phenoxy) is 1. The number of nitrogens with two attached hydrogens (primary N) is 1. The van der Waals surface area contributed by atoms with E-state index in [2.05, 4.69) is 0 Å². The number of rotatable bonds is 8. The van der Waals surface area contributed by atoms with E-state index in [1.54, 1.807) is 0 Å². The maximum Gasteiger partial charge on any atom is 0.230 e. The van der Waals surface area contributed by atoms with Crippen molar-refractivity contribution in [1.82, 2.24) is 0 Å². The number of hydrogen-bond acceptors (Lipinski definition) is 3. The maximum atomic E-state index is 13.1. The Morgan fingerprint density at radius 1 is 1.04 bits per heavy atom. The van der Waals surface area contributed by atoms with Gasteiger partial charge in [0.05, 0.1) is 13.0 Å². The monoisotopic (exact) mass is 358 g/mol. The topological polar surface area (TPSA) is 72.6 Å². The molecule has 2 aromatic carbocycles. The Labute approximate surface area is 152 Å². The highest BCUT2D eigenvalue weighted by Crippen LogP contribution is 2.18. The number of primary amides is 1. The number of hydrogen-bond donors (Lipinski definition) is 1. The van der Waals surface area contributed by atoms with Crippen molar-refractivity contribution in [2.75, 3.05) is 18.1 Å². The lowest BCUT2D eigenvalue weighted by molar-refractivity contribution is -0.119. The molecule has 0 saturated carbocycles. The van der Waals surface area contributed by atoms with Crippen LogP contribution in [0.5, 0.6) is 5.75 Å². The van der Waals surface area contributed by atoms with Crippen LogP contribution in [0.15, 0.2) is 42.5 Å².